The molecule has 3 aromatic rings. The van der Waals surface area contributed by atoms with Crippen molar-refractivity contribution in [2.75, 3.05) is 17.7 Å². The molecule has 0 atom stereocenters. The number of halogens is 1. The lowest BCUT2D eigenvalue weighted by atomic mass is 10.2. The van der Waals surface area contributed by atoms with Crippen molar-refractivity contribution in [1.29, 1.82) is 0 Å². The molecule has 6 nitrogen and oxygen atoms in total. The van der Waals surface area contributed by atoms with E-state index in [4.69, 9.17) is 4.74 Å². The maximum absolute atomic E-state index is 13.6. The van der Waals surface area contributed by atoms with E-state index in [1.807, 2.05) is 19.1 Å². The first-order valence-corrected chi connectivity index (χ1v) is 8.32. The normalized spacial score (nSPS) is 10.3. The summed E-state index contributed by atoms with van der Waals surface area (Å²) in [7, 11) is 1.54. The highest BCUT2D eigenvalue weighted by molar-refractivity contribution is 6.04. The van der Waals surface area contributed by atoms with Crippen LogP contribution in [0.25, 0.3) is 0 Å². The van der Waals surface area contributed by atoms with Gasteiger partial charge < -0.3 is 15.4 Å². The fraction of sp³-hybridized carbons (Fsp3) is 0.150. The van der Waals surface area contributed by atoms with Crippen LogP contribution in [0.3, 0.4) is 0 Å². The number of amides is 1. The maximum atomic E-state index is 13.6. The van der Waals surface area contributed by atoms with Gasteiger partial charge in [0.1, 0.15) is 11.6 Å². The Morgan fingerprint density at radius 2 is 1.89 bits per heavy atom. The Labute approximate surface area is 156 Å². The highest BCUT2D eigenvalue weighted by Crippen LogP contribution is 2.25. The minimum Gasteiger partial charge on any atom is -0.495 e. The summed E-state index contributed by atoms with van der Waals surface area (Å²) in [5, 5.41) is 5.72. The fourth-order valence-electron chi connectivity index (χ4n) is 2.47. The van der Waals surface area contributed by atoms with Gasteiger partial charge in [-0.3, -0.25) is 4.79 Å². The first kappa shape index (κ1) is 18.3. The van der Waals surface area contributed by atoms with Crippen molar-refractivity contribution in [3.05, 3.63) is 77.4 Å². The molecule has 138 valence electrons. The Bertz CT molecular complexity index is 945. The van der Waals surface area contributed by atoms with Gasteiger partial charge in [-0.15, -0.1) is 0 Å². The van der Waals surface area contributed by atoms with Gasteiger partial charge in [0.05, 0.1) is 18.4 Å². The Balaban J connectivity index is 1.65. The molecule has 2 aromatic carbocycles. The molecule has 0 aliphatic heterocycles. The lowest BCUT2D eigenvalue weighted by Crippen LogP contribution is -2.14. The molecule has 0 radical (unpaired) electrons. The van der Waals surface area contributed by atoms with Gasteiger partial charge in [-0.25, -0.2) is 14.4 Å². The predicted octanol–water partition coefficient (Wildman–Crippen LogP) is 3.80. The van der Waals surface area contributed by atoms with E-state index in [9.17, 15) is 9.18 Å². The third kappa shape index (κ3) is 4.58. The van der Waals surface area contributed by atoms with Crippen molar-refractivity contribution in [3.63, 3.8) is 0 Å². The van der Waals surface area contributed by atoms with Gasteiger partial charge in [0, 0.05) is 24.5 Å². The average Bonchev–Trinajstić information content (AvgIpc) is 2.68. The van der Waals surface area contributed by atoms with E-state index in [-0.39, 0.29) is 18.3 Å². The van der Waals surface area contributed by atoms with Crippen LogP contribution in [0.2, 0.25) is 0 Å². The fourth-order valence-corrected chi connectivity index (χ4v) is 2.47. The second-order valence-corrected chi connectivity index (χ2v) is 5.90. The number of carbonyl (C=O) groups excluding carboxylic acids is 1. The van der Waals surface area contributed by atoms with Crippen LogP contribution in [0.5, 0.6) is 5.75 Å². The Morgan fingerprint density at radius 3 is 2.59 bits per heavy atom. The number of ether oxygens (including phenoxy) is 1. The monoisotopic (exact) mass is 366 g/mol. The van der Waals surface area contributed by atoms with E-state index in [1.54, 1.807) is 31.4 Å². The molecule has 27 heavy (non-hydrogen) atoms. The summed E-state index contributed by atoms with van der Waals surface area (Å²) in [6.45, 7) is 2.17. The van der Waals surface area contributed by atoms with Gasteiger partial charge in [-0.05, 0) is 30.7 Å². The number of rotatable bonds is 6. The van der Waals surface area contributed by atoms with Gasteiger partial charge in [0.25, 0.3) is 5.91 Å². The summed E-state index contributed by atoms with van der Waals surface area (Å²) in [5.41, 5.74) is 2.38. The highest BCUT2D eigenvalue weighted by atomic mass is 19.1. The van der Waals surface area contributed by atoms with Crippen LogP contribution in [0.15, 0.2) is 54.9 Å². The molecule has 7 heteroatoms. The number of methoxy groups -OCH3 is 1. The molecular formula is C20H19FN4O2. The third-order valence-electron chi connectivity index (χ3n) is 3.91. The number of anilines is 2. The number of hydrogen-bond donors (Lipinski definition) is 2. The van der Waals surface area contributed by atoms with Gasteiger partial charge in [-0.1, -0.05) is 24.3 Å². The van der Waals surface area contributed by atoms with Crippen LogP contribution in [0, 0.1) is 12.7 Å². The molecular weight excluding hydrogens is 347 g/mol. The van der Waals surface area contributed by atoms with Crippen LogP contribution in [0.4, 0.5) is 16.0 Å². The second-order valence-electron chi connectivity index (χ2n) is 5.90. The number of nitrogens with one attached hydrogen (secondary N) is 2. The number of hydrogen-bond acceptors (Lipinski definition) is 5. The van der Waals surface area contributed by atoms with E-state index < -0.39 is 0 Å². The number of aryl methyl sites for hydroxylation is 1. The summed E-state index contributed by atoms with van der Waals surface area (Å²) in [6, 6.07) is 12.0. The lowest BCUT2D eigenvalue weighted by molar-refractivity contribution is 0.102. The Kier molecular flexibility index (Phi) is 5.61. The molecule has 1 heterocycles. The van der Waals surface area contributed by atoms with E-state index in [0.29, 0.717) is 28.5 Å². The molecule has 0 spiro atoms. The SMILES string of the molecule is COc1ccc(C)cc1NC(=O)c1cnc(NCc2ccccc2F)nc1. The van der Waals surface area contributed by atoms with Crippen molar-refractivity contribution in [2.45, 2.75) is 13.5 Å². The van der Waals surface area contributed by atoms with E-state index >= 15 is 0 Å². The molecule has 1 amide bonds. The van der Waals surface area contributed by atoms with Crippen molar-refractivity contribution in [1.82, 2.24) is 9.97 Å². The molecule has 0 fully saturated rings. The summed E-state index contributed by atoms with van der Waals surface area (Å²) in [5.74, 6) is 0.230. The lowest BCUT2D eigenvalue weighted by Gasteiger charge is -2.11. The highest BCUT2D eigenvalue weighted by Gasteiger charge is 2.11. The molecule has 3 rings (SSSR count). The number of carbonyl (C=O) groups is 1. The third-order valence-corrected chi connectivity index (χ3v) is 3.91. The zero-order valence-corrected chi connectivity index (χ0v) is 15.0. The summed E-state index contributed by atoms with van der Waals surface area (Å²) >= 11 is 0. The molecule has 0 unspecified atom stereocenters. The summed E-state index contributed by atoms with van der Waals surface area (Å²) < 4.78 is 18.9. The Hall–Kier alpha value is -3.48. The zero-order valence-electron chi connectivity index (χ0n) is 15.0. The largest absolute Gasteiger partial charge is 0.495 e. The van der Waals surface area contributed by atoms with Crippen LogP contribution in [0.1, 0.15) is 21.5 Å². The summed E-state index contributed by atoms with van der Waals surface area (Å²) in [6.07, 6.45) is 2.82. The molecule has 2 N–H and O–H groups in total. The van der Waals surface area contributed by atoms with Crippen molar-refractivity contribution in [3.8, 4) is 5.75 Å². The van der Waals surface area contributed by atoms with E-state index in [1.165, 1.54) is 18.5 Å². The quantitative estimate of drug-likeness (QED) is 0.694. The van der Waals surface area contributed by atoms with E-state index in [0.717, 1.165) is 5.56 Å². The smallest absolute Gasteiger partial charge is 0.258 e. The van der Waals surface area contributed by atoms with E-state index in [2.05, 4.69) is 20.6 Å². The number of nitrogens with zero attached hydrogens (tertiary/aromatic N) is 2. The predicted molar refractivity (Wildman–Crippen MR) is 101 cm³/mol. The van der Waals surface area contributed by atoms with Gasteiger partial charge in [0.15, 0.2) is 0 Å². The van der Waals surface area contributed by atoms with Crippen molar-refractivity contribution in [2.24, 2.45) is 0 Å². The molecule has 0 aliphatic carbocycles. The van der Waals surface area contributed by atoms with Crippen molar-refractivity contribution >= 4 is 17.5 Å². The molecule has 1 aromatic heterocycles. The van der Waals surface area contributed by atoms with Crippen molar-refractivity contribution < 1.29 is 13.9 Å². The molecule has 0 saturated heterocycles. The first-order chi connectivity index (χ1) is 13.1. The van der Waals surface area contributed by atoms with Gasteiger partial charge >= 0.3 is 0 Å². The van der Waals surface area contributed by atoms with Crippen LogP contribution in [-0.4, -0.2) is 23.0 Å². The van der Waals surface area contributed by atoms with Crippen LogP contribution >= 0.6 is 0 Å². The molecule has 0 aliphatic rings. The number of benzene rings is 2. The molecule has 0 bridgehead atoms. The second kappa shape index (κ2) is 8.27. The Morgan fingerprint density at radius 1 is 1.15 bits per heavy atom. The average molecular weight is 366 g/mol. The zero-order chi connectivity index (χ0) is 19.2. The standard InChI is InChI=1S/C20H19FN4O2/c1-13-7-8-18(27-2)17(9-13)25-19(26)15-11-23-20(24-12-15)22-10-14-5-3-4-6-16(14)21/h3-9,11-12H,10H2,1-2H3,(H,25,26)(H,22,23,24). The summed E-state index contributed by atoms with van der Waals surface area (Å²) in [4.78, 5) is 20.6. The number of aromatic nitrogens is 2. The van der Waals surface area contributed by atoms with Crippen LogP contribution in [-0.2, 0) is 6.54 Å². The minimum absolute atomic E-state index is 0.249. The molecule has 0 saturated carbocycles. The first-order valence-electron chi connectivity index (χ1n) is 8.32. The topological polar surface area (TPSA) is 76.1 Å². The maximum Gasteiger partial charge on any atom is 0.258 e. The minimum atomic E-state index is -0.348. The van der Waals surface area contributed by atoms with Gasteiger partial charge in [-0.2, -0.15) is 0 Å². The van der Waals surface area contributed by atoms with Crippen LogP contribution < -0.4 is 15.4 Å². The van der Waals surface area contributed by atoms with Gasteiger partial charge in [0.2, 0.25) is 5.95 Å².